The van der Waals surface area contributed by atoms with Gasteiger partial charge in [-0.15, -0.1) is 0 Å². The summed E-state index contributed by atoms with van der Waals surface area (Å²) in [6.07, 6.45) is -4.08. The minimum atomic E-state index is -4.63. The molecule has 0 saturated carbocycles. The first-order valence-corrected chi connectivity index (χ1v) is 5.01. The normalized spacial score (nSPS) is 11.4. The quantitative estimate of drug-likeness (QED) is 0.604. The number of hydrogen-bond acceptors (Lipinski definition) is 2. The molecule has 0 spiro atoms. The van der Waals surface area contributed by atoms with Crippen molar-refractivity contribution in [3.63, 3.8) is 0 Å². The van der Waals surface area contributed by atoms with Gasteiger partial charge in [-0.2, -0.15) is 13.2 Å². The molecule has 0 saturated heterocycles. The Balaban J connectivity index is 3.56. The van der Waals surface area contributed by atoms with Crippen LogP contribution in [0.1, 0.15) is 45.7 Å². The zero-order chi connectivity index (χ0) is 13.2. The van der Waals surface area contributed by atoms with E-state index in [4.69, 9.17) is 0 Å². The van der Waals surface area contributed by atoms with E-state index in [0.717, 1.165) is 12.1 Å². The lowest BCUT2D eigenvalue weighted by atomic mass is 9.95. The molecule has 17 heavy (non-hydrogen) atoms. The molecule has 0 radical (unpaired) electrons. The van der Waals surface area contributed by atoms with Crippen LogP contribution in [0, 0.1) is 0 Å². The van der Waals surface area contributed by atoms with Gasteiger partial charge in [-0.05, 0) is 31.0 Å². The predicted molar refractivity (Wildman–Crippen MR) is 56.2 cm³/mol. The standard InChI is InChI=1S/C12H11F3O2/c1-3-8-4-9(6-16)11(12(13,14)15)5-10(8)7(2)17/h4-6H,3H2,1-2H3. The maximum Gasteiger partial charge on any atom is 0.417 e. The second-order valence-corrected chi connectivity index (χ2v) is 3.62. The van der Waals surface area contributed by atoms with E-state index < -0.39 is 23.1 Å². The van der Waals surface area contributed by atoms with Crippen LogP contribution in [-0.4, -0.2) is 12.1 Å². The van der Waals surface area contributed by atoms with Crippen LogP contribution in [0.2, 0.25) is 0 Å². The molecule has 0 heterocycles. The molecule has 0 atom stereocenters. The fraction of sp³-hybridized carbons (Fsp3) is 0.333. The number of aldehydes is 1. The molecule has 0 bridgehead atoms. The van der Waals surface area contributed by atoms with Gasteiger partial charge >= 0.3 is 6.18 Å². The molecule has 0 fully saturated rings. The predicted octanol–water partition coefficient (Wildman–Crippen LogP) is 3.28. The smallest absolute Gasteiger partial charge is 0.298 e. The average molecular weight is 244 g/mol. The number of rotatable bonds is 3. The third kappa shape index (κ3) is 2.72. The van der Waals surface area contributed by atoms with Gasteiger partial charge in [0.15, 0.2) is 12.1 Å². The van der Waals surface area contributed by atoms with E-state index in [9.17, 15) is 22.8 Å². The minimum absolute atomic E-state index is 0.0189. The second kappa shape index (κ2) is 4.69. The summed E-state index contributed by atoms with van der Waals surface area (Å²) in [7, 11) is 0. The molecule has 0 aromatic heterocycles. The molecule has 1 aromatic rings. The van der Waals surface area contributed by atoms with E-state index >= 15 is 0 Å². The molecule has 1 rings (SSSR count). The second-order valence-electron chi connectivity index (χ2n) is 3.62. The lowest BCUT2D eigenvalue weighted by Gasteiger charge is -2.13. The molecule has 0 aliphatic heterocycles. The summed E-state index contributed by atoms with van der Waals surface area (Å²) in [5.74, 6) is -0.440. The van der Waals surface area contributed by atoms with Crippen molar-refractivity contribution >= 4 is 12.1 Å². The van der Waals surface area contributed by atoms with Gasteiger partial charge in [-0.25, -0.2) is 0 Å². The Kier molecular flexibility index (Phi) is 3.70. The molecule has 2 nitrogen and oxygen atoms in total. The van der Waals surface area contributed by atoms with Gasteiger partial charge in [0.25, 0.3) is 0 Å². The van der Waals surface area contributed by atoms with Crippen LogP contribution in [0.25, 0.3) is 0 Å². The molecule has 0 aliphatic rings. The van der Waals surface area contributed by atoms with E-state index in [1.54, 1.807) is 6.92 Å². The molecule has 92 valence electrons. The molecule has 0 N–H and O–H groups in total. The third-order valence-electron chi connectivity index (χ3n) is 2.47. The van der Waals surface area contributed by atoms with Gasteiger partial charge in [-0.3, -0.25) is 9.59 Å². The van der Waals surface area contributed by atoms with E-state index in [1.165, 1.54) is 6.92 Å². The van der Waals surface area contributed by atoms with Crippen LogP contribution in [0.15, 0.2) is 12.1 Å². The summed E-state index contributed by atoms with van der Waals surface area (Å²) in [6.45, 7) is 2.92. The van der Waals surface area contributed by atoms with Crippen molar-refractivity contribution in [1.82, 2.24) is 0 Å². The average Bonchev–Trinajstić information content (AvgIpc) is 2.25. The van der Waals surface area contributed by atoms with Crippen LogP contribution < -0.4 is 0 Å². The largest absolute Gasteiger partial charge is 0.417 e. The minimum Gasteiger partial charge on any atom is -0.298 e. The van der Waals surface area contributed by atoms with Gasteiger partial charge in [0, 0.05) is 11.1 Å². The number of halogens is 3. The van der Waals surface area contributed by atoms with E-state index in [1.807, 2.05) is 0 Å². The van der Waals surface area contributed by atoms with Crippen LogP contribution in [0.4, 0.5) is 13.2 Å². The van der Waals surface area contributed by atoms with Crippen molar-refractivity contribution in [2.75, 3.05) is 0 Å². The van der Waals surface area contributed by atoms with Gasteiger partial charge in [0.1, 0.15) is 0 Å². The van der Waals surface area contributed by atoms with E-state index in [0.29, 0.717) is 12.0 Å². The lowest BCUT2D eigenvalue weighted by Crippen LogP contribution is -2.12. The molecule has 5 heteroatoms. The highest BCUT2D eigenvalue weighted by molar-refractivity contribution is 5.97. The Morgan fingerprint density at radius 1 is 1.35 bits per heavy atom. The highest BCUT2D eigenvalue weighted by Gasteiger charge is 2.34. The number of aryl methyl sites for hydroxylation is 1. The Labute approximate surface area is 96.4 Å². The lowest BCUT2D eigenvalue weighted by molar-refractivity contribution is -0.137. The Bertz CT molecular complexity index is 462. The first-order valence-electron chi connectivity index (χ1n) is 5.01. The maximum absolute atomic E-state index is 12.6. The topological polar surface area (TPSA) is 34.1 Å². The summed E-state index contributed by atoms with van der Waals surface area (Å²) in [5, 5.41) is 0. The first kappa shape index (κ1) is 13.4. The van der Waals surface area contributed by atoms with Gasteiger partial charge in [0.05, 0.1) is 5.56 Å². The third-order valence-corrected chi connectivity index (χ3v) is 2.47. The van der Waals surface area contributed by atoms with Crippen LogP contribution >= 0.6 is 0 Å². The zero-order valence-electron chi connectivity index (χ0n) is 9.39. The molecule has 0 aliphatic carbocycles. The highest BCUT2D eigenvalue weighted by atomic mass is 19.4. The number of Topliss-reactive ketones (excluding diaryl/α,β-unsaturated/α-hetero) is 1. The van der Waals surface area contributed by atoms with Crippen molar-refractivity contribution in [3.8, 4) is 0 Å². The summed E-state index contributed by atoms with van der Waals surface area (Å²) in [6, 6.07) is 1.89. The number of hydrogen-bond donors (Lipinski definition) is 0. The van der Waals surface area contributed by atoms with Crippen LogP contribution in [0.3, 0.4) is 0 Å². The van der Waals surface area contributed by atoms with E-state index in [-0.39, 0.29) is 11.8 Å². The van der Waals surface area contributed by atoms with Crippen molar-refractivity contribution in [2.24, 2.45) is 0 Å². The fourth-order valence-electron chi connectivity index (χ4n) is 1.63. The summed E-state index contributed by atoms with van der Waals surface area (Å²) in [4.78, 5) is 21.9. The number of alkyl halides is 3. The van der Waals surface area contributed by atoms with Crippen molar-refractivity contribution in [3.05, 3.63) is 34.4 Å². The van der Waals surface area contributed by atoms with Gasteiger partial charge < -0.3 is 0 Å². The highest BCUT2D eigenvalue weighted by Crippen LogP contribution is 2.33. The summed E-state index contributed by atoms with van der Waals surface area (Å²) < 4.78 is 37.9. The zero-order valence-corrected chi connectivity index (χ0v) is 9.39. The van der Waals surface area contributed by atoms with Crippen molar-refractivity contribution in [2.45, 2.75) is 26.4 Å². The Morgan fingerprint density at radius 2 is 1.94 bits per heavy atom. The first-order chi connectivity index (χ1) is 7.81. The molecular weight excluding hydrogens is 233 g/mol. The van der Waals surface area contributed by atoms with E-state index in [2.05, 4.69) is 0 Å². The monoisotopic (exact) mass is 244 g/mol. The molecule has 1 aromatic carbocycles. The molecular formula is C12H11F3O2. The number of ketones is 1. The summed E-state index contributed by atoms with van der Waals surface area (Å²) in [5.41, 5.74) is -1.02. The maximum atomic E-state index is 12.6. The SMILES string of the molecule is CCc1cc(C=O)c(C(F)(F)F)cc1C(C)=O. The van der Waals surface area contributed by atoms with Gasteiger partial charge in [0.2, 0.25) is 0 Å². The number of carbonyl (C=O) groups is 2. The Hall–Kier alpha value is -1.65. The van der Waals surface area contributed by atoms with Crippen molar-refractivity contribution < 1.29 is 22.8 Å². The fourth-order valence-corrected chi connectivity index (χ4v) is 1.63. The molecule has 0 unspecified atom stereocenters. The van der Waals surface area contributed by atoms with Crippen LogP contribution in [0.5, 0.6) is 0 Å². The Morgan fingerprint density at radius 3 is 2.29 bits per heavy atom. The number of carbonyl (C=O) groups excluding carboxylic acids is 2. The summed E-state index contributed by atoms with van der Waals surface area (Å²) >= 11 is 0. The molecule has 0 amide bonds. The number of benzene rings is 1. The van der Waals surface area contributed by atoms with Crippen LogP contribution in [-0.2, 0) is 12.6 Å². The van der Waals surface area contributed by atoms with Crippen molar-refractivity contribution in [1.29, 1.82) is 0 Å². The van der Waals surface area contributed by atoms with Gasteiger partial charge in [-0.1, -0.05) is 6.92 Å².